The van der Waals surface area contributed by atoms with E-state index in [1.54, 1.807) is 0 Å². The normalized spacial score (nSPS) is 9.41. The second-order valence-corrected chi connectivity index (χ2v) is 54.0. The quantitative estimate of drug-likeness (QED) is 0.179. The standard InChI is InChI=1S/C8H7IN2.C7H5IN2.CH4.5HI.2V/c1-11-7-5-3-2-4-6(7)8(9)10-11;8-7-5-3-1-2-4-6(5)9-10-7;;;;;;;;/h2-5H,1H3;1-4H,(H,9,10);1H4;5*1H;;/q;;;;;;;;+2;+3/p-5. The van der Waals surface area contributed by atoms with Crippen LogP contribution in [-0.2, 0) is 21.4 Å². The number of fused-ring (bicyclic) bond motifs is 2. The summed E-state index contributed by atoms with van der Waals surface area (Å²) in [5, 5.41) is 13.7. The predicted octanol–water partition coefficient (Wildman–Crippen LogP) is 9.40. The van der Waals surface area contributed by atoms with E-state index in [0.717, 1.165) is 12.9 Å². The van der Waals surface area contributed by atoms with Crippen molar-refractivity contribution in [1.82, 2.24) is 20.0 Å². The molecule has 2 heterocycles. The van der Waals surface area contributed by atoms with Gasteiger partial charge < -0.3 is 0 Å². The van der Waals surface area contributed by atoms with Gasteiger partial charge in [0.2, 0.25) is 0 Å². The summed E-state index contributed by atoms with van der Waals surface area (Å²) in [5.74, 6) is 0. The van der Waals surface area contributed by atoms with Crippen LogP contribution in [0.4, 0.5) is 0 Å². The van der Waals surface area contributed by atoms with E-state index >= 15 is 0 Å². The summed E-state index contributed by atoms with van der Waals surface area (Å²) < 4.78 is 4.07. The molecular weight excluding hydrogens is 1240 g/mol. The van der Waals surface area contributed by atoms with Crippen molar-refractivity contribution in [3.8, 4) is 0 Å². The van der Waals surface area contributed by atoms with E-state index in [2.05, 4.69) is 179 Å². The number of H-pyrrole nitrogens is 1. The Morgan fingerprint density at radius 2 is 1.41 bits per heavy atom. The van der Waals surface area contributed by atoms with Crippen molar-refractivity contribution in [2.75, 3.05) is 0 Å². The average molecular weight is 1250 g/mol. The molecule has 0 bridgehead atoms. The van der Waals surface area contributed by atoms with Crippen molar-refractivity contribution in [1.29, 1.82) is 0 Å². The zero-order valence-electron chi connectivity index (χ0n) is 14.0. The number of aromatic amines is 1. The summed E-state index contributed by atoms with van der Waals surface area (Å²) in [4.78, 5) is -0.278. The summed E-state index contributed by atoms with van der Waals surface area (Å²) in [6.07, 6.45) is 0. The van der Waals surface area contributed by atoms with Gasteiger partial charge in [-0.1, -0.05) is 43.8 Å². The number of aromatic nitrogens is 4. The molecule has 29 heavy (non-hydrogen) atoms. The van der Waals surface area contributed by atoms with Gasteiger partial charge in [-0.3, -0.25) is 9.78 Å². The first-order valence-corrected chi connectivity index (χ1v) is 31.9. The SMILES string of the molecule is C.Cn1nc(I)c2ccccc21.Ic1[nH]nc2ccccc12.[I][V]([I])[I].[I][V][I]. The molecule has 0 aliphatic rings. The molecule has 0 radical (unpaired) electrons. The minimum absolute atomic E-state index is 0. The Kier molecular flexibility index (Phi) is 21.3. The van der Waals surface area contributed by atoms with Crippen LogP contribution in [0.5, 0.6) is 0 Å². The van der Waals surface area contributed by atoms with Gasteiger partial charge in [0.1, 0.15) is 7.40 Å². The van der Waals surface area contributed by atoms with E-state index in [0.29, 0.717) is 9.47 Å². The first kappa shape index (κ1) is 32.7. The summed E-state index contributed by atoms with van der Waals surface area (Å²) in [6, 6.07) is 16.3. The first-order chi connectivity index (χ1) is 13.3. The number of hydrogen-bond acceptors (Lipinski definition) is 2. The molecule has 13 heteroatoms. The number of hydrogen-bond donors (Lipinski definition) is 1. The van der Waals surface area contributed by atoms with E-state index in [-0.39, 0.29) is 12.3 Å². The van der Waals surface area contributed by atoms with Crippen LogP contribution in [0.1, 0.15) is 7.43 Å². The van der Waals surface area contributed by atoms with Gasteiger partial charge in [0, 0.05) is 17.8 Å². The van der Waals surface area contributed by atoms with E-state index < -0.39 is 0 Å². The molecule has 0 amide bonds. The van der Waals surface area contributed by atoms with Gasteiger partial charge in [-0.25, -0.2) is 0 Å². The third-order valence-corrected chi connectivity index (χ3v) is 4.75. The van der Waals surface area contributed by atoms with Gasteiger partial charge in [-0.15, -0.1) is 0 Å². The average Bonchev–Trinajstić information content (AvgIpc) is 3.17. The van der Waals surface area contributed by atoms with Gasteiger partial charge in [0.15, 0.2) is 0 Å². The van der Waals surface area contributed by atoms with E-state index in [4.69, 9.17) is 0 Å². The molecule has 0 aliphatic carbocycles. The van der Waals surface area contributed by atoms with Gasteiger partial charge in [-0.2, -0.15) is 10.2 Å². The molecule has 4 nitrogen and oxygen atoms in total. The summed E-state index contributed by atoms with van der Waals surface area (Å²) in [6.45, 7) is 0. The topological polar surface area (TPSA) is 46.5 Å². The molecule has 0 saturated carbocycles. The Hall–Kier alpha value is 3.66. The molecule has 0 fully saturated rings. The van der Waals surface area contributed by atoms with Gasteiger partial charge in [0.05, 0.1) is 11.0 Å². The number of aryl methyl sites for hydroxylation is 1. The van der Waals surface area contributed by atoms with Crippen molar-refractivity contribution < 1.29 is 14.4 Å². The molecule has 0 atom stereocenters. The maximum atomic E-state index is 4.29. The summed E-state index contributed by atoms with van der Waals surface area (Å²) in [5.41, 5.74) is 2.23. The Balaban J connectivity index is 0.000000404. The van der Waals surface area contributed by atoms with Gasteiger partial charge in [0.25, 0.3) is 0 Å². The van der Waals surface area contributed by atoms with Crippen molar-refractivity contribution in [3.63, 3.8) is 0 Å². The van der Waals surface area contributed by atoms with E-state index in [9.17, 15) is 0 Å². The number of halogens is 7. The maximum absolute atomic E-state index is 4.29. The van der Waals surface area contributed by atoms with Crippen LogP contribution < -0.4 is 0 Å². The number of rotatable bonds is 0. The second-order valence-electron chi connectivity index (χ2n) is 4.74. The predicted molar refractivity (Wildman–Crippen MR) is 179 cm³/mol. The molecule has 0 aliphatic heterocycles. The fourth-order valence-corrected chi connectivity index (χ4v) is 3.45. The molecule has 159 valence electrons. The minimum atomic E-state index is -0.278. The monoisotopic (exact) mass is 1250 g/mol. The van der Waals surface area contributed by atoms with Crippen LogP contribution in [0.2, 0.25) is 0 Å². The number of benzene rings is 2. The number of nitrogens with zero attached hydrogens (tertiary/aromatic N) is 3. The Labute approximate surface area is 265 Å². The van der Waals surface area contributed by atoms with Crippen molar-refractivity contribution in [2.24, 2.45) is 7.05 Å². The molecule has 0 unspecified atom stereocenters. The number of nitrogens with one attached hydrogen (secondary N) is 1. The van der Waals surface area contributed by atoms with Crippen molar-refractivity contribution in [3.05, 3.63) is 55.9 Å². The van der Waals surface area contributed by atoms with Crippen LogP contribution in [0, 0.1) is 7.40 Å². The van der Waals surface area contributed by atoms with Gasteiger partial charge in [-0.05, 0) is 57.3 Å². The Morgan fingerprint density at radius 1 is 0.931 bits per heavy atom. The molecule has 2 aromatic heterocycles. The Morgan fingerprint density at radius 3 is 1.93 bits per heavy atom. The van der Waals surface area contributed by atoms with Crippen LogP contribution in [0.25, 0.3) is 21.8 Å². The molecule has 4 rings (SSSR count). The third kappa shape index (κ3) is 12.8. The van der Waals surface area contributed by atoms with Crippen molar-refractivity contribution in [2.45, 2.75) is 7.43 Å². The third-order valence-electron chi connectivity index (χ3n) is 3.13. The van der Waals surface area contributed by atoms with Crippen LogP contribution in [0.3, 0.4) is 0 Å². The zero-order chi connectivity index (χ0) is 21.1. The van der Waals surface area contributed by atoms with Crippen LogP contribution in [-0.4, -0.2) is 20.0 Å². The molecule has 2 aromatic carbocycles. The molecule has 1 N–H and O–H groups in total. The van der Waals surface area contributed by atoms with Crippen molar-refractivity contribution >= 4 is 167 Å². The van der Waals surface area contributed by atoms with Crippen LogP contribution in [0.15, 0.2) is 48.5 Å². The summed E-state index contributed by atoms with van der Waals surface area (Å²) >= 11 is 16.6. The van der Waals surface area contributed by atoms with E-state index in [1.165, 1.54) is 16.3 Å². The summed E-state index contributed by atoms with van der Waals surface area (Å²) in [7, 11) is 2.59. The molecular formula is C16H16I7N4V2. The number of para-hydroxylation sites is 2. The molecule has 0 saturated heterocycles. The molecule has 0 spiro atoms. The first-order valence-electron chi connectivity index (χ1n) is 7.17. The fraction of sp³-hybridized carbons (Fsp3) is 0.125. The fourth-order valence-electron chi connectivity index (χ4n) is 2.10. The van der Waals surface area contributed by atoms with Gasteiger partial charge >= 0.3 is 114 Å². The second kappa shape index (κ2) is 18.9. The Bertz CT molecular complexity index is 939. The zero-order valence-corrected chi connectivity index (χ0v) is 31.9. The molecule has 4 aromatic rings. The van der Waals surface area contributed by atoms with E-state index in [1.807, 2.05) is 42.1 Å². The van der Waals surface area contributed by atoms with Crippen LogP contribution >= 0.6 is 145 Å².